The highest BCUT2D eigenvalue weighted by atomic mass is 16.3. The largest absolute Gasteiger partial charge is 0.395 e. The molecule has 21 heavy (non-hydrogen) atoms. The minimum absolute atomic E-state index is 0.200. The molecule has 1 fully saturated rings. The Hall–Kier alpha value is -1.22. The minimum Gasteiger partial charge on any atom is -0.395 e. The van der Waals surface area contributed by atoms with Crippen LogP contribution in [0.4, 0.5) is 11.4 Å². The average Bonchev–Trinajstić information content (AvgIpc) is 2.49. The second-order valence-corrected chi connectivity index (χ2v) is 6.50. The summed E-state index contributed by atoms with van der Waals surface area (Å²) in [6.45, 7) is 8.65. The van der Waals surface area contributed by atoms with Crippen LogP contribution in [0.5, 0.6) is 0 Å². The highest BCUT2D eigenvalue weighted by Crippen LogP contribution is 2.31. The van der Waals surface area contributed by atoms with Gasteiger partial charge in [0.05, 0.1) is 6.61 Å². The lowest BCUT2D eigenvalue weighted by Gasteiger charge is -2.34. The topological polar surface area (TPSA) is 35.5 Å². The summed E-state index contributed by atoms with van der Waals surface area (Å²) in [5, 5.41) is 12.8. The molecule has 1 aliphatic rings. The molecule has 3 nitrogen and oxygen atoms in total. The molecule has 0 spiro atoms. The van der Waals surface area contributed by atoms with E-state index in [1.54, 1.807) is 0 Å². The van der Waals surface area contributed by atoms with Gasteiger partial charge in [-0.05, 0) is 55.9 Å². The third-order valence-corrected chi connectivity index (χ3v) is 4.79. The Morgan fingerprint density at radius 1 is 1.19 bits per heavy atom. The van der Waals surface area contributed by atoms with Gasteiger partial charge in [-0.25, -0.2) is 0 Å². The number of aliphatic hydroxyl groups is 1. The van der Waals surface area contributed by atoms with Crippen molar-refractivity contribution in [3.8, 4) is 0 Å². The zero-order valence-corrected chi connectivity index (χ0v) is 13.7. The number of hydrogen-bond acceptors (Lipinski definition) is 3. The molecule has 0 heterocycles. The molecule has 2 rings (SSSR count). The van der Waals surface area contributed by atoms with Crippen LogP contribution < -0.4 is 10.2 Å². The average molecular weight is 290 g/mol. The van der Waals surface area contributed by atoms with Crippen LogP contribution in [0.25, 0.3) is 0 Å². The summed E-state index contributed by atoms with van der Waals surface area (Å²) in [5.41, 5.74) is 2.40. The summed E-state index contributed by atoms with van der Waals surface area (Å²) >= 11 is 0. The molecule has 1 aromatic rings. The van der Waals surface area contributed by atoms with Crippen LogP contribution in [0.15, 0.2) is 24.3 Å². The number of anilines is 2. The number of nitrogens with zero attached hydrogens (tertiary/aromatic N) is 1. The summed E-state index contributed by atoms with van der Waals surface area (Å²) in [6.07, 6.45) is 3.97. The summed E-state index contributed by atoms with van der Waals surface area (Å²) in [7, 11) is 0. The molecule has 3 unspecified atom stereocenters. The highest BCUT2D eigenvalue weighted by Gasteiger charge is 2.25. The maximum Gasteiger partial charge on any atom is 0.0606 e. The second kappa shape index (κ2) is 7.69. The first-order chi connectivity index (χ1) is 10.1. The van der Waals surface area contributed by atoms with Crippen LogP contribution in [0.3, 0.4) is 0 Å². The van der Waals surface area contributed by atoms with Crippen molar-refractivity contribution in [1.29, 1.82) is 0 Å². The van der Waals surface area contributed by atoms with Crippen molar-refractivity contribution in [3.63, 3.8) is 0 Å². The third-order valence-electron chi connectivity index (χ3n) is 4.79. The maximum atomic E-state index is 9.10. The first kappa shape index (κ1) is 16.2. The predicted molar refractivity (Wildman–Crippen MR) is 91.0 cm³/mol. The fourth-order valence-electron chi connectivity index (χ4n) is 3.31. The number of benzene rings is 1. The second-order valence-electron chi connectivity index (χ2n) is 6.50. The normalized spacial score (nSPS) is 25.6. The van der Waals surface area contributed by atoms with E-state index < -0.39 is 0 Å². The molecule has 0 aliphatic heterocycles. The van der Waals surface area contributed by atoms with Crippen LogP contribution in [-0.4, -0.2) is 30.8 Å². The fourth-order valence-corrected chi connectivity index (χ4v) is 3.31. The molecule has 1 saturated carbocycles. The van der Waals surface area contributed by atoms with Crippen molar-refractivity contribution in [2.75, 3.05) is 29.9 Å². The van der Waals surface area contributed by atoms with Gasteiger partial charge in [-0.2, -0.15) is 0 Å². The van der Waals surface area contributed by atoms with Gasteiger partial charge in [0, 0.05) is 30.5 Å². The van der Waals surface area contributed by atoms with Crippen molar-refractivity contribution >= 4 is 11.4 Å². The van der Waals surface area contributed by atoms with E-state index in [-0.39, 0.29) is 6.61 Å². The maximum absolute atomic E-state index is 9.10. The van der Waals surface area contributed by atoms with Gasteiger partial charge in [0.15, 0.2) is 0 Å². The summed E-state index contributed by atoms with van der Waals surface area (Å²) in [4.78, 5) is 2.19. The number of rotatable bonds is 6. The first-order valence-corrected chi connectivity index (χ1v) is 8.36. The van der Waals surface area contributed by atoms with Crippen molar-refractivity contribution in [3.05, 3.63) is 24.3 Å². The monoisotopic (exact) mass is 290 g/mol. The van der Waals surface area contributed by atoms with E-state index >= 15 is 0 Å². The Morgan fingerprint density at radius 2 is 1.90 bits per heavy atom. The summed E-state index contributed by atoms with van der Waals surface area (Å²) < 4.78 is 0. The van der Waals surface area contributed by atoms with Crippen molar-refractivity contribution < 1.29 is 5.11 Å². The third kappa shape index (κ3) is 4.37. The van der Waals surface area contributed by atoms with Crippen LogP contribution in [0.1, 0.15) is 40.0 Å². The van der Waals surface area contributed by atoms with E-state index in [1.165, 1.54) is 30.6 Å². The van der Waals surface area contributed by atoms with Crippen molar-refractivity contribution in [2.24, 2.45) is 11.8 Å². The lowest BCUT2D eigenvalue weighted by Crippen LogP contribution is -2.33. The van der Waals surface area contributed by atoms with Gasteiger partial charge in [0.1, 0.15) is 0 Å². The lowest BCUT2D eigenvalue weighted by atomic mass is 9.80. The zero-order valence-electron chi connectivity index (χ0n) is 13.7. The SMILES string of the molecule is CCN(CCO)c1ccc(NC2CC(C)CCC2C)cc1. The van der Waals surface area contributed by atoms with Gasteiger partial charge < -0.3 is 15.3 Å². The van der Waals surface area contributed by atoms with Gasteiger partial charge >= 0.3 is 0 Å². The molecule has 1 aromatic carbocycles. The van der Waals surface area contributed by atoms with Crippen LogP contribution in [0.2, 0.25) is 0 Å². The highest BCUT2D eigenvalue weighted by molar-refractivity contribution is 5.55. The van der Waals surface area contributed by atoms with Crippen LogP contribution in [-0.2, 0) is 0 Å². The predicted octanol–water partition coefficient (Wildman–Crippen LogP) is 3.74. The Kier molecular flexibility index (Phi) is 5.92. The molecule has 1 aliphatic carbocycles. The molecule has 0 amide bonds. The zero-order chi connectivity index (χ0) is 15.2. The molecule has 3 heteroatoms. The van der Waals surface area contributed by atoms with Crippen molar-refractivity contribution in [2.45, 2.75) is 46.1 Å². The number of aliphatic hydroxyl groups excluding tert-OH is 1. The molecule has 3 atom stereocenters. The van der Waals surface area contributed by atoms with Crippen LogP contribution >= 0.6 is 0 Å². The first-order valence-electron chi connectivity index (χ1n) is 8.36. The van der Waals surface area contributed by atoms with Crippen molar-refractivity contribution in [1.82, 2.24) is 0 Å². The molecule has 2 N–H and O–H groups in total. The molecular weight excluding hydrogens is 260 g/mol. The quantitative estimate of drug-likeness (QED) is 0.837. The van der Waals surface area contributed by atoms with E-state index in [4.69, 9.17) is 5.11 Å². The number of hydrogen-bond donors (Lipinski definition) is 2. The summed E-state index contributed by atoms with van der Waals surface area (Å²) in [6, 6.07) is 9.24. The molecule has 0 bridgehead atoms. The fraction of sp³-hybridized carbons (Fsp3) is 0.667. The van der Waals surface area contributed by atoms with Gasteiger partial charge in [0.2, 0.25) is 0 Å². The number of likely N-dealkylation sites (N-methyl/N-ethyl adjacent to an activating group) is 1. The molecule has 118 valence electrons. The molecular formula is C18H30N2O. The number of nitrogens with one attached hydrogen (secondary N) is 1. The van der Waals surface area contributed by atoms with E-state index in [2.05, 4.69) is 55.3 Å². The van der Waals surface area contributed by atoms with Gasteiger partial charge in [-0.15, -0.1) is 0 Å². The van der Waals surface area contributed by atoms with Crippen LogP contribution in [0, 0.1) is 11.8 Å². The lowest BCUT2D eigenvalue weighted by molar-refractivity contribution is 0.281. The molecule has 0 radical (unpaired) electrons. The minimum atomic E-state index is 0.200. The standard InChI is InChI=1S/C18H30N2O/c1-4-20(11-12-21)17-9-7-16(8-10-17)19-18-13-14(2)5-6-15(18)3/h7-10,14-15,18-19,21H,4-6,11-13H2,1-3H3. The van der Waals surface area contributed by atoms with E-state index in [1.807, 2.05) is 0 Å². The molecule has 0 aromatic heterocycles. The summed E-state index contributed by atoms with van der Waals surface area (Å²) in [5.74, 6) is 1.58. The Labute approximate surface area is 129 Å². The van der Waals surface area contributed by atoms with E-state index in [0.717, 1.165) is 18.4 Å². The Morgan fingerprint density at radius 3 is 2.52 bits per heavy atom. The Balaban J connectivity index is 1.98. The van der Waals surface area contributed by atoms with Gasteiger partial charge in [-0.3, -0.25) is 0 Å². The Bertz CT molecular complexity index is 418. The van der Waals surface area contributed by atoms with Gasteiger partial charge in [-0.1, -0.05) is 20.3 Å². The van der Waals surface area contributed by atoms with Gasteiger partial charge in [0.25, 0.3) is 0 Å². The smallest absolute Gasteiger partial charge is 0.0606 e. The molecule has 0 saturated heterocycles. The van der Waals surface area contributed by atoms with E-state index in [0.29, 0.717) is 12.6 Å². The van der Waals surface area contributed by atoms with E-state index in [9.17, 15) is 0 Å².